The standard InChI is InChI=1S/C21H24N2O4/c1-26-16-7-3-14(4-8-16)11-12-22-20(24)18-13-19(18)21(25)23-15-5-9-17(27-2)10-6-15/h3-10,18-19H,11-13H2,1-2H3,(H,22,24)(H,23,25). The Labute approximate surface area is 158 Å². The van der Waals surface area contributed by atoms with Gasteiger partial charge in [-0.25, -0.2) is 0 Å². The summed E-state index contributed by atoms with van der Waals surface area (Å²) in [6.45, 7) is 0.550. The molecule has 1 fully saturated rings. The third kappa shape index (κ3) is 5.00. The van der Waals surface area contributed by atoms with Gasteiger partial charge in [-0.2, -0.15) is 0 Å². The molecular weight excluding hydrogens is 344 g/mol. The summed E-state index contributed by atoms with van der Waals surface area (Å²) < 4.78 is 10.2. The van der Waals surface area contributed by atoms with Crippen molar-refractivity contribution in [1.29, 1.82) is 0 Å². The lowest BCUT2D eigenvalue weighted by molar-refractivity contribution is -0.125. The summed E-state index contributed by atoms with van der Waals surface area (Å²) in [5, 5.41) is 5.77. The first-order valence-corrected chi connectivity index (χ1v) is 8.96. The van der Waals surface area contributed by atoms with Gasteiger partial charge in [0.15, 0.2) is 0 Å². The Morgan fingerprint density at radius 2 is 1.44 bits per heavy atom. The van der Waals surface area contributed by atoms with Crippen LogP contribution in [0.4, 0.5) is 5.69 Å². The Morgan fingerprint density at radius 3 is 2.04 bits per heavy atom. The summed E-state index contributed by atoms with van der Waals surface area (Å²) in [6, 6.07) is 14.9. The van der Waals surface area contributed by atoms with E-state index < -0.39 is 0 Å². The molecule has 1 saturated carbocycles. The average molecular weight is 368 g/mol. The number of hydrogen-bond donors (Lipinski definition) is 2. The zero-order valence-corrected chi connectivity index (χ0v) is 15.5. The third-order valence-corrected chi connectivity index (χ3v) is 4.69. The van der Waals surface area contributed by atoms with Crippen molar-refractivity contribution in [3.05, 3.63) is 54.1 Å². The lowest BCUT2D eigenvalue weighted by Gasteiger charge is -2.07. The number of nitrogens with one attached hydrogen (secondary N) is 2. The average Bonchev–Trinajstić information content (AvgIpc) is 3.50. The van der Waals surface area contributed by atoms with Crippen LogP contribution < -0.4 is 20.1 Å². The van der Waals surface area contributed by atoms with Crippen LogP contribution in [0.2, 0.25) is 0 Å². The topological polar surface area (TPSA) is 76.7 Å². The van der Waals surface area contributed by atoms with Gasteiger partial charge < -0.3 is 20.1 Å². The van der Waals surface area contributed by atoms with Gasteiger partial charge >= 0.3 is 0 Å². The maximum absolute atomic E-state index is 12.3. The number of anilines is 1. The monoisotopic (exact) mass is 368 g/mol. The second-order valence-corrected chi connectivity index (χ2v) is 6.56. The van der Waals surface area contributed by atoms with E-state index in [-0.39, 0.29) is 23.7 Å². The number of benzene rings is 2. The van der Waals surface area contributed by atoms with Crippen molar-refractivity contribution < 1.29 is 19.1 Å². The van der Waals surface area contributed by atoms with Crippen LogP contribution in [0.3, 0.4) is 0 Å². The van der Waals surface area contributed by atoms with Gasteiger partial charge in [0, 0.05) is 12.2 Å². The Bertz CT molecular complexity index is 787. The van der Waals surface area contributed by atoms with Crippen LogP contribution in [0, 0.1) is 11.8 Å². The zero-order valence-electron chi connectivity index (χ0n) is 15.5. The van der Waals surface area contributed by atoms with E-state index in [1.807, 2.05) is 24.3 Å². The molecule has 6 nitrogen and oxygen atoms in total. The van der Waals surface area contributed by atoms with E-state index in [4.69, 9.17) is 9.47 Å². The van der Waals surface area contributed by atoms with Crippen LogP contribution in [0.5, 0.6) is 11.5 Å². The van der Waals surface area contributed by atoms with Gasteiger partial charge in [-0.15, -0.1) is 0 Å². The fourth-order valence-corrected chi connectivity index (χ4v) is 2.94. The molecule has 2 N–H and O–H groups in total. The minimum absolute atomic E-state index is 0.0570. The predicted octanol–water partition coefficient (Wildman–Crippen LogP) is 2.64. The molecule has 2 amide bonds. The highest BCUT2D eigenvalue weighted by Gasteiger charge is 2.47. The number of rotatable bonds is 8. The fourth-order valence-electron chi connectivity index (χ4n) is 2.94. The molecule has 1 aliphatic carbocycles. The number of amides is 2. The normalized spacial score (nSPS) is 17.7. The third-order valence-electron chi connectivity index (χ3n) is 4.69. The molecule has 2 unspecified atom stereocenters. The first kappa shape index (κ1) is 18.8. The first-order chi connectivity index (χ1) is 13.1. The van der Waals surface area contributed by atoms with E-state index in [0.29, 0.717) is 18.7 Å². The van der Waals surface area contributed by atoms with Crippen LogP contribution in [0.25, 0.3) is 0 Å². The van der Waals surface area contributed by atoms with Gasteiger partial charge in [0.1, 0.15) is 11.5 Å². The van der Waals surface area contributed by atoms with Crippen molar-refractivity contribution in [2.75, 3.05) is 26.1 Å². The van der Waals surface area contributed by atoms with E-state index in [2.05, 4.69) is 10.6 Å². The summed E-state index contributed by atoms with van der Waals surface area (Å²) in [6.07, 6.45) is 1.33. The van der Waals surface area contributed by atoms with Gasteiger partial charge in [-0.05, 0) is 54.8 Å². The van der Waals surface area contributed by atoms with Gasteiger partial charge in [0.25, 0.3) is 0 Å². The van der Waals surface area contributed by atoms with Crippen LogP contribution in [0.1, 0.15) is 12.0 Å². The van der Waals surface area contributed by atoms with E-state index in [1.54, 1.807) is 38.5 Å². The Morgan fingerprint density at radius 1 is 0.889 bits per heavy atom. The highest BCUT2D eigenvalue weighted by molar-refractivity contribution is 5.99. The summed E-state index contributed by atoms with van der Waals surface area (Å²) >= 11 is 0. The summed E-state index contributed by atoms with van der Waals surface area (Å²) in [7, 11) is 3.22. The number of methoxy groups -OCH3 is 2. The Hall–Kier alpha value is -3.02. The van der Waals surface area contributed by atoms with Crippen molar-refractivity contribution in [3.8, 4) is 11.5 Å². The maximum atomic E-state index is 12.3. The molecule has 0 saturated heterocycles. The van der Waals surface area contributed by atoms with Gasteiger partial charge in [0.05, 0.1) is 26.1 Å². The SMILES string of the molecule is COc1ccc(CCNC(=O)C2CC2C(=O)Nc2ccc(OC)cc2)cc1. The molecular formula is C21H24N2O4. The van der Waals surface area contributed by atoms with Crippen LogP contribution >= 0.6 is 0 Å². The number of ether oxygens (including phenoxy) is 2. The van der Waals surface area contributed by atoms with E-state index in [0.717, 1.165) is 23.5 Å². The van der Waals surface area contributed by atoms with Gasteiger partial charge in [0.2, 0.25) is 11.8 Å². The van der Waals surface area contributed by atoms with Crippen molar-refractivity contribution in [2.45, 2.75) is 12.8 Å². The predicted molar refractivity (Wildman–Crippen MR) is 103 cm³/mol. The minimum atomic E-state index is -0.256. The summed E-state index contributed by atoms with van der Waals surface area (Å²) in [5.74, 6) is 0.876. The summed E-state index contributed by atoms with van der Waals surface area (Å²) in [4.78, 5) is 24.5. The van der Waals surface area contributed by atoms with Crippen molar-refractivity contribution in [1.82, 2.24) is 5.32 Å². The molecule has 142 valence electrons. The second kappa shape index (κ2) is 8.58. The molecule has 0 aromatic heterocycles. The highest BCUT2D eigenvalue weighted by Crippen LogP contribution is 2.39. The van der Waals surface area contributed by atoms with E-state index in [9.17, 15) is 9.59 Å². The van der Waals surface area contributed by atoms with Crippen LogP contribution in [0.15, 0.2) is 48.5 Å². The number of hydrogen-bond acceptors (Lipinski definition) is 4. The minimum Gasteiger partial charge on any atom is -0.497 e. The molecule has 1 aliphatic rings. The molecule has 2 aromatic rings. The highest BCUT2D eigenvalue weighted by atomic mass is 16.5. The summed E-state index contributed by atoms with van der Waals surface area (Å²) in [5.41, 5.74) is 1.83. The smallest absolute Gasteiger partial charge is 0.228 e. The Balaban J connectivity index is 1.40. The molecule has 0 radical (unpaired) electrons. The van der Waals surface area contributed by atoms with Gasteiger partial charge in [-0.3, -0.25) is 9.59 Å². The van der Waals surface area contributed by atoms with E-state index >= 15 is 0 Å². The second-order valence-electron chi connectivity index (χ2n) is 6.56. The lowest BCUT2D eigenvalue weighted by Crippen LogP contribution is -2.29. The van der Waals surface area contributed by atoms with Crippen molar-refractivity contribution in [3.63, 3.8) is 0 Å². The first-order valence-electron chi connectivity index (χ1n) is 8.96. The van der Waals surface area contributed by atoms with Crippen LogP contribution in [-0.2, 0) is 16.0 Å². The molecule has 3 rings (SSSR count). The molecule has 0 spiro atoms. The molecule has 0 bridgehead atoms. The number of carbonyl (C=O) groups is 2. The lowest BCUT2D eigenvalue weighted by atomic mass is 10.1. The van der Waals surface area contributed by atoms with Crippen LogP contribution in [-0.4, -0.2) is 32.6 Å². The maximum Gasteiger partial charge on any atom is 0.228 e. The fraction of sp³-hybridized carbons (Fsp3) is 0.333. The largest absolute Gasteiger partial charge is 0.497 e. The molecule has 0 aliphatic heterocycles. The van der Waals surface area contributed by atoms with Crippen molar-refractivity contribution >= 4 is 17.5 Å². The quantitative estimate of drug-likeness (QED) is 0.751. The molecule has 2 aromatic carbocycles. The number of carbonyl (C=O) groups excluding carboxylic acids is 2. The van der Waals surface area contributed by atoms with E-state index in [1.165, 1.54) is 0 Å². The van der Waals surface area contributed by atoms with Crippen molar-refractivity contribution in [2.24, 2.45) is 11.8 Å². The molecule has 27 heavy (non-hydrogen) atoms. The van der Waals surface area contributed by atoms with Gasteiger partial charge in [-0.1, -0.05) is 12.1 Å². The zero-order chi connectivity index (χ0) is 19.2. The molecule has 0 heterocycles. The molecule has 6 heteroatoms. The molecule has 2 atom stereocenters. The Kier molecular flexibility index (Phi) is 5.96.